The summed E-state index contributed by atoms with van der Waals surface area (Å²) in [5.74, 6) is 0.867. The molecule has 2 fully saturated rings. The van der Waals surface area contributed by atoms with E-state index in [-0.39, 0.29) is 75.7 Å². The third-order valence-electron chi connectivity index (χ3n) is 29.2. The molecule has 2 saturated carbocycles. The van der Waals surface area contributed by atoms with Crippen LogP contribution in [0.4, 0.5) is 5.69 Å². The van der Waals surface area contributed by atoms with E-state index in [1.165, 1.54) is 33.4 Å². The summed E-state index contributed by atoms with van der Waals surface area (Å²) in [7, 11) is 0. The second kappa shape index (κ2) is 44.0. The first kappa shape index (κ1) is 96.6. The third kappa shape index (κ3) is 20.6. The Balaban J connectivity index is 0.00000641. The van der Waals surface area contributed by atoms with Gasteiger partial charge in [0, 0.05) is 48.4 Å². The minimum atomic E-state index is 0. The fourth-order valence-corrected chi connectivity index (χ4v) is 22.0. The first-order valence-electron chi connectivity index (χ1n) is 49.4. The molecule has 0 N–H and O–H groups in total. The largest absolute Gasteiger partial charge is 3.00 e. The van der Waals surface area contributed by atoms with Gasteiger partial charge in [-0.25, -0.2) is 17.0 Å². The molecule has 5 unspecified atom stereocenters. The van der Waals surface area contributed by atoms with Crippen molar-refractivity contribution >= 4 is 5.69 Å². The molecule has 148 heavy (non-hydrogen) atoms. The molecule has 0 radical (unpaired) electrons. The van der Waals surface area contributed by atoms with Crippen LogP contribution in [0, 0.1) is 77.0 Å². The molecule has 0 spiro atoms. The second-order valence-electron chi connectivity index (χ2n) is 37.8. The Hall–Kier alpha value is -17.5. The number of aromatic nitrogens is 6. The Labute approximate surface area is 890 Å². The SMILES string of the molecule is [C-]#[N+]c1ccc(-c2cc[c-]c(-c3ccc(-c4ccccc4C4CC(c5ccccc5-c5ccc(-c6[c-]c[c-]c(-c7ccc(-c8ccccc8C8CC(c9ccccc9-c9ccc(-c%10[c-]ccc(-c%11ccc(C#N)cc%11)c%10)nc9)CC(c9ccccc9-c9ccc(-c%10[c-]ccc(-c%11ccc(C#N)cc%11)c%10)nc9)C8)cn7)c6)nc5)CC(c5ccccc5-c5ccc(-c6[c-]ccc(-c7ccc(C#N)cc7)c6)nc5)C4)cn3)c2)cc1.[Ir+3].[Ir+3]. The van der Waals surface area contributed by atoms with Crippen molar-refractivity contribution in [3.05, 3.63) is 535 Å². The maximum atomic E-state index is 9.52. The number of nitriles is 3. The number of benzene rings is 15. The quantitative estimate of drug-likeness (QED) is 0.0603. The van der Waals surface area contributed by atoms with Crippen LogP contribution in [0.25, 0.3) is 184 Å². The predicted octanol–water partition coefficient (Wildman–Crippen LogP) is 33.4. The third-order valence-corrected chi connectivity index (χ3v) is 29.2. The summed E-state index contributed by atoms with van der Waals surface area (Å²) in [6, 6.07) is 166. The molecule has 15 aromatic carbocycles. The van der Waals surface area contributed by atoms with E-state index in [1.807, 2.05) is 183 Å². The molecule has 10 nitrogen and oxygen atoms in total. The zero-order chi connectivity index (χ0) is 98.2. The van der Waals surface area contributed by atoms with E-state index < -0.39 is 0 Å². The van der Waals surface area contributed by atoms with Crippen molar-refractivity contribution in [2.24, 2.45) is 0 Å². The van der Waals surface area contributed by atoms with Crippen molar-refractivity contribution in [2.45, 2.75) is 74.0 Å². The van der Waals surface area contributed by atoms with Crippen molar-refractivity contribution in [2.75, 3.05) is 0 Å². The Morgan fingerprint density at radius 2 is 0.412 bits per heavy atom. The van der Waals surface area contributed by atoms with Gasteiger partial charge in [0.2, 0.25) is 0 Å². The molecule has 2 aliphatic rings. The van der Waals surface area contributed by atoms with E-state index in [0.29, 0.717) is 22.4 Å². The smallest absolute Gasteiger partial charge is 0.351 e. The van der Waals surface area contributed by atoms with Gasteiger partial charge in [-0.3, -0.25) is 22.7 Å². The summed E-state index contributed by atoms with van der Waals surface area (Å²) in [6.07, 6.45) is 17.6. The van der Waals surface area contributed by atoms with Gasteiger partial charge < -0.3 is 24.9 Å². The zero-order valence-corrected chi connectivity index (χ0v) is 85.2. The number of pyridine rings is 6. The molecule has 0 amide bonds. The summed E-state index contributed by atoms with van der Waals surface area (Å²) in [4.78, 5) is 34.8. The summed E-state index contributed by atoms with van der Waals surface area (Å²) in [5, 5.41) is 28.6. The normalized spacial score (nSPS) is 15.1. The molecular formula is C136H90Ir2N10. The van der Waals surface area contributed by atoms with Crippen LogP contribution in [0.3, 0.4) is 0 Å². The van der Waals surface area contributed by atoms with Crippen LogP contribution in [0.15, 0.2) is 438 Å². The first-order chi connectivity index (χ1) is 72.1. The maximum Gasteiger partial charge on any atom is 3.00 e. The van der Waals surface area contributed by atoms with E-state index in [2.05, 4.69) is 314 Å². The molecule has 702 valence electrons. The molecule has 5 atom stereocenters. The topological polar surface area (TPSA) is 153 Å². The first-order valence-corrected chi connectivity index (χ1v) is 49.4. The number of rotatable bonds is 22. The standard InChI is InChI=1S/C136H90N10.2Ir/c1-140-118-61-53-95(54-62-118)99-22-17-26-103(72-99)134-66-58-109(86-144-134)122-32-5-11-38-128(122)115-75-114(127-37-10-4-31-121(127)108-57-65-133(143-85-108)102-25-16-21-98(71-102)94-51-45-91(82-139)46-52-94)78-117(79-115)130-40-13-7-34-124(130)111-60-68-136(146-88-111)105-28-18-27-104(73-105)135-67-59-110(87-145-135)123-33-6-12-39-129(123)116-76-112(125-35-8-2-29-119(125)106-55-63-131(141-83-106)100-23-14-19-96(69-100)92-47-41-89(80-137)42-48-92)74-113(77-116)126-36-9-3-30-120(126)107-56-64-132(142-84-107)101-24-15-20-97(70-101)93-49-43-90(81-138)44-50-93;;/h2-22,29-73,83-88,112-117H,74-79H2;;/q-6;2*+3. The summed E-state index contributed by atoms with van der Waals surface area (Å²) in [6.45, 7) is 7.50. The monoisotopic (exact) mass is 2250 g/mol. The zero-order valence-electron chi connectivity index (χ0n) is 80.4. The van der Waals surface area contributed by atoms with E-state index in [4.69, 9.17) is 36.5 Å². The van der Waals surface area contributed by atoms with Gasteiger partial charge in [0.05, 0.1) is 41.5 Å². The molecule has 6 aromatic heterocycles. The minimum absolute atomic E-state index is 0. The molecule has 23 rings (SSSR count). The van der Waals surface area contributed by atoms with E-state index in [0.717, 1.165) is 217 Å². The van der Waals surface area contributed by atoms with Crippen LogP contribution in [-0.4, -0.2) is 29.9 Å². The maximum absolute atomic E-state index is 9.52. The fourth-order valence-electron chi connectivity index (χ4n) is 22.0. The Kier molecular flexibility index (Phi) is 28.7. The Morgan fingerprint density at radius 1 is 0.216 bits per heavy atom. The van der Waals surface area contributed by atoms with Crippen LogP contribution >= 0.6 is 0 Å². The van der Waals surface area contributed by atoms with Crippen LogP contribution in [-0.2, 0) is 40.2 Å². The number of hydrogen-bond donors (Lipinski definition) is 0. The fraction of sp³-hybridized carbons (Fsp3) is 0.0882. The predicted molar refractivity (Wildman–Crippen MR) is 584 cm³/mol. The van der Waals surface area contributed by atoms with Crippen molar-refractivity contribution < 1.29 is 40.2 Å². The molecular weight excluding hydrogens is 2160 g/mol. The van der Waals surface area contributed by atoms with Gasteiger partial charge in [0.25, 0.3) is 0 Å². The van der Waals surface area contributed by atoms with Crippen molar-refractivity contribution in [3.8, 4) is 197 Å². The average Bonchev–Trinajstić information content (AvgIpc) is 0.765. The van der Waals surface area contributed by atoms with E-state index in [1.54, 1.807) is 0 Å². The molecule has 0 saturated heterocycles. The van der Waals surface area contributed by atoms with Gasteiger partial charge in [-0.15, -0.1) is 148 Å². The van der Waals surface area contributed by atoms with Crippen LogP contribution < -0.4 is 0 Å². The van der Waals surface area contributed by atoms with Gasteiger partial charge in [0.15, 0.2) is 5.69 Å². The van der Waals surface area contributed by atoms with E-state index in [9.17, 15) is 15.8 Å². The van der Waals surface area contributed by atoms with Crippen molar-refractivity contribution in [1.29, 1.82) is 15.8 Å². The molecule has 6 heterocycles. The van der Waals surface area contributed by atoms with Gasteiger partial charge in [-0.1, -0.05) is 273 Å². The van der Waals surface area contributed by atoms with Crippen LogP contribution in [0.1, 0.15) is 124 Å². The summed E-state index contributed by atoms with van der Waals surface area (Å²) >= 11 is 0. The van der Waals surface area contributed by atoms with Crippen LogP contribution in [0.5, 0.6) is 0 Å². The minimum Gasteiger partial charge on any atom is -0.351 e. The molecule has 0 bridgehead atoms. The van der Waals surface area contributed by atoms with Gasteiger partial charge in [-0.05, 0) is 256 Å². The van der Waals surface area contributed by atoms with E-state index >= 15 is 0 Å². The second-order valence-corrected chi connectivity index (χ2v) is 37.8. The average molecular weight is 2250 g/mol. The summed E-state index contributed by atoms with van der Waals surface area (Å²) in [5.41, 5.74) is 41.8. The van der Waals surface area contributed by atoms with Crippen molar-refractivity contribution in [3.63, 3.8) is 0 Å². The summed E-state index contributed by atoms with van der Waals surface area (Å²) < 4.78 is 0. The van der Waals surface area contributed by atoms with Gasteiger partial charge >= 0.3 is 40.2 Å². The Morgan fingerprint density at radius 3 is 0.608 bits per heavy atom. The Bertz CT molecular complexity index is 7690. The molecule has 0 aliphatic heterocycles. The molecule has 12 heteroatoms. The number of hydrogen-bond acceptors (Lipinski definition) is 9. The van der Waals surface area contributed by atoms with Gasteiger partial charge in [-0.2, -0.15) is 21.3 Å². The molecule has 21 aromatic rings. The van der Waals surface area contributed by atoms with Crippen LogP contribution in [0.2, 0.25) is 0 Å². The van der Waals surface area contributed by atoms with Crippen molar-refractivity contribution in [1.82, 2.24) is 29.9 Å². The molecule has 2 aliphatic carbocycles. The number of nitrogens with zero attached hydrogens (tertiary/aromatic N) is 10. The van der Waals surface area contributed by atoms with Gasteiger partial charge in [0.1, 0.15) is 0 Å².